The lowest BCUT2D eigenvalue weighted by Gasteiger charge is -2.36. The Morgan fingerprint density at radius 3 is 1.93 bits per heavy atom. The molecule has 3 nitrogen and oxygen atoms in total. The highest BCUT2D eigenvalue weighted by Crippen LogP contribution is 2.38. The van der Waals surface area contributed by atoms with Crippen LogP contribution < -0.4 is 0 Å². The van der Waals surface area contributed by atoms with Gasteiger partial charge in [0.2, 0.25) is 0 Å². The molecule has 1 fully saturated rings. The second-order valence-corrected chi connectivity index (χ2v) is 10.7. The molecular formula is C26H42O3. The zero-order valence-corrected chi connectivity index (χ0v) is 19.9. The standard InChI is InChI=1S/C14H20O.C12H22O2/c1-11(10-15)9-12-5-7-13(8-6-12)14(2,3)4;1-9(13)14-11-7-5-10(6-8-11)12(2,3)4/h5-8,10-11H,9H2,1-4H3;10-11H,5-8H2,1-4H3. The van der Waals surface area contributed by atoms with Crippen molar-refractivity contribution in [2.75, 3.05) is 0 Å². The molecule has 1 aromatic rings. The normalized spacial score (nSPS) is 20.8. The van der Waals surface area contributed by atoms with Gasteiger partial charge in [-0.25, -0.2) is 0 Å². The first-order chi connectivity index (χ1) is 13.3. The number of rotatable bonds is 4. The summed E-state index contributed by atoms with van der Waals surface area (Å²) in [5.74, 6) is 0.768. The Morgan fingerprint density at radius 1 is 1.03 bits per heavy atom. The third kappa shape index (κ3) is 9.60. The van der Waals surface area contributed by atoms with E-state index in [2.05, 4.69) is 65.8 Å². The summed E-state index contributed by atoms with van der Waals surface area (Å²) in [6.45, 7) is 16.9. The van der Waals surface area contributed by atoms with E-state index in [0.717, 1.165) is 31.5 Å². The number of ether oxygens (including phenoxy) is 1. The SMILES string of the molecule is CC(=O)OC1CCC(C(C)(C)C)CC1.CC(C=O)Cc1ccc(C(C)(C)C)cc1. The first kappa shape index (κ1) is 25.4. The first-order valence-corrected chi connectivity index (χ1v) is 11.0. The van der Waals surface area contributed by atoms with Crippen molar-refractivity contribution in [1.29, 1.82) is 0 Å². The third-order valence-electron chi connectivity index (χ3n) is 5.84. The van der Waals surface area contributed by atoms with Crippen LogP contribution in [0.3, 0.4) is 0 Å². The molecule has 0 radical (unpaired) electrons. The van der Waals surface area contributed by atoms with Gasteiger partial charge in [-0.3, -0.25) is 4.79 Å². The van der Waals surface area contributed by atoms with Gasteiger partial charge in [0, 0.05) is 12.8 Å². The minimum Gasteiger partial charge on any atom is -0.463 e. The maximum atomic E-state index is 10.8. The summed E-state index contributed by atoms with van der Waals surface area (Å²) in [5, 5.41) is 0. The van der Waals surface area contributed by atoms with Gasteiger partial charge < -0.3 is 9.53 Å². The summed E-state index contributed by atoms with van der Waals surface area (Å²) in [6.07, 6.45) is 6.52. The summed E-state index contributed by atoms with van der Waals surface area (Å²) >= 11 is 0. The van der Waals surface area contributed by atoms with E-state index in [-0.39, 0.29) is 23.4 Å². The predicted molar refractivity (Wildman–Crippen MR) is 121 cm³/mol. The van der Waals surface area contributed by atoms with E-state index >= 15 is 0 Å². The molecule has 0 amide bonds. The summed E-state index contributed by atoms with van der Waals surface area (Å²) in [5.41, 5.74) is 3.18. The molecule has 1 aliphatic rings. The maximum Gasteiger partial charge on any atom is 0.302 e. The van der Waals surface area contributed by atoms with Gasteiger partial charge in [0.05, 0.1) is 0 Å². The molecule has 0 bridgehead atoms. The van der Waals surface area contributed by atoms with E-state index in [9.17, 15) is 9.59 Å². The van der Waals surface area contributed by atoms with Crippen molar-refractivity contribution in [2.24, 2.45) is 17.3 Å². The molecular weight excluding hydrogens is 360 g/mol. The minimum atomic E-state index is -0.135. The fraction of sp³-hybridized carbons (Fsp3) is 0.692. The lowest BCUT2D eigenvalue weighted by Crippen LogP contribution is -2.29. The van der Waals surface area contributed by atoms with Crippen molar-refractivity contribution < 1.29 is 14.3 Å². The van der Waals surface area contributed by atoms with Crippen LogP contribution in [0, 0.1) is 17.3 Å². The molecule has 0 aromatic heterocycles. The van der Waals surface area contributed by atoms with Crippen LogP contribution in [0.2, 0.25) is 0 Å². The van der Waals surface area contributed by atoms with Gasteiger partial charge in [-0.05, 0) is 60.0 Å². The zero-order chi connectivity index (χ0) is 22.2. The molecule has 164 valence electrons. The molecule has 0 saturated heterocycles. The number of benzene rings is 1. The molecule has 0 aliphatic heterocycles. The molecule has 1 aliphatic carbocycles. The molecule has 1 unspecified atom stereocenters. The van der Waals surface area contributed by atoms with Gasteiger partial charge in [-0.1, -0.05) is 72.7 Å². The Hall–Kier alpha value is -1.64. The number of carbonyl (C=O) groups is 2. The summed E-state index contributed by atoms with van der Waals surface area (Å²) in [6, 6.07) is 8.57. The molecule has 0 N–H and O–H groups in total. The van der Waals surface area contributed by atoms with Crippen molar-refractivity contribution in [3.63, 3.8) is 0 Å². The molecule has 29 heavy (non-hydrogen) atoms. The van der Waals surface area contributed by atoms with Gasteiger partial charge in [-0.15, -0.1) is 0 Å². The number of hydrogen-bond acceptors (Lipinski definition) is 3. The molecule has 3 heteroatoms. The van der Waals surface area contributed by atoms with Crippen molar-refractivity contribution in [1.82, 2.24) is 0 Å². The Bertz CT molecular complexity index is 623. The number of esters is 1. The second-order valence-electron chi connectivity index (χ2n) is 10.7. The van der Waals surface area contributed by atoms with Crippen molar-refractivity contribution >= 4 is 12.3 Å². The molecule has 0 heterocycles. The molecule has 1 atom stereocenters. The average molecular weight is 403 g/mol. The molecule has 1 saturated carbocycles. The maximum absolute atomic E-state index is 10.8. The smallest absolute Gasteiger partial charge is 0.302 e. The second kappa shape index (κ2) is 10.9. The van der Waals surface area contributed by atoms with E-state index < -0.39 is 0 Å². The van der Waals surface area contributed by atoms with Gasteiger partial charge in [0.15, 0.2) is 0 Å². The van der Waals surface area contributed by atoms with E-state index in [1.54, 1.807) is 0 Å². The van der Waals surface area contributed by atoms with Gasteiger partial charge >= 0.3 is 5.97 Å². The Balaban J connectivity index is 0.000000291. The summed E-state index contributed by atoms with van der Waals surface area (Å²) in [4.78, 5) is 21.3. The van der Waals surface area contributed by atoms with Crippen LogP contribution in [-0.2, 0) is 26.2 Å². The largest absolute Gasteiger partial charge is 0.463 e. The Morgan fingerprint density at radius 2 is 1.55 bits per heavy atom. The summed E-state index contributed by atoms with van der Waals surface area (Å²) in [7, 11) is 0. The Kier molecular flexibility index (Phi) is 9.58. The van der Waals surface area contributed by atoms with Crippen molar-refractivity contribution in [2.45, 2.75) is 99.0 Å². The van der Waals surface area contributed by atoms with E-state index in [1.807, 2.05) is 6.92 Å². The predicted octanol–water partition coefficient (Wildman–Crippen LogP) is 6.52. The van der Waals surface area contributed by atoms with Crippen LogP contribution >= 0.6 is 0 Å². The topological polar surface area (TPSA) is 43.4 Å². The van der Waals surface area contributed by atoms with E-state index in [1.165, 1.54) is 30.9 Å². The fourth-order valence-corrected chi connectivity index (χ4v) is 3.84. The van der Waals surface area contributed by atoms with Crippen LogP contribution in [0.25, 0.3) is 0 Å². The van der Waals surface area contributed by atoms with Crippen LogP contribution in [0.4, 0.5) is 0 Å². The lowest BCUT2D eigenvalue weighted by molar-refractivity contribution is -0.148. The Labute approximate surface area is 178 Å². The first-order valence-electron chi connectivity index (χ1n) is 11.0. The average Bonchev–Trinajstić information content (AvgIpc) is 2.61. The highest BCUT2D eigenvalue weighted by molar-refractivity contribution is 5.66. The fourth-order valence-electron chi connectivity index (χ4n) is 3.84. The highest BCUT2D eigenvalue weighted by atomic mass is 16.5. The van der Waals surface area contributed by atoms with Crippen LogP contribution in [0.15, 0.2) is 24.3 Å². The third-order valence-corrected chi connectivity index (χ3v) is 5.84. The van der Waals surface area contributed by atoms with Gasteiger partial charge in [0.1, 0.15) is 12.4 Å². The zero-order valence-electron chi connectivity index (χ0n) is 19.9. The van der Waals surface area contributed by atoms with Crippen LogP contribution in [0.5, 0.6) is 0 Å². The monoisotopic (exact) mass is 402 g/mol. The number of aldehydes is 1. The van der Waals surface area contributed by atoms with Gasteiger partial charge in [-0.2, -0.15) is 0 Å². The quantitative estimate of drug-likeness (QED) is 0.425. The molecule has 0 spiro atoms. The highest BCUT2D eigenvalue weighted by Gasteiger charge is 2.30. The molecule has 1 aromatic carbocycles. The summed E-state index contributed by atoms with van der Waals surface area (Å²) < 4.78 is 5.21. The van der Waals surface area contributed by atoms with Crippen molar-refractivity contribution in [3.05, 3.63) is 35.4 Å². The van der Waals surface area contributed by atoms with Gasteiger partial charge in [0.25, 0.3) is 0 Å². The lowest BCUT2D eigenvalue weighted by atomic mass is 9.72. The number of carbonyl (C=O) groups excluding carboxylic acids is 2. The number of hydrogen-bond donors (Lipinski definition) is 0. The molecule has 2 rings (SSSR count). The van der Waals surface area contributed by atoms with Crippen molar-refractivity contribution in [3.8, 4) is 0 Å². The van der Waals surface area contributed by atoms with Crippen LogP contribution in [0.1, 0.15) is 92.2 Å². The van der Waals surface area contributed by atoms with E-state index in [4.69, 9.17) is 4.74 Å². The minimum absolute atomic E-state index is 0.116. The van der Waals surface area contributed by atoms with Crippen LogP contribution in [-0.4, -0.2) is 18.4 Å². The van der Waals surface area contributed by atoms with E-state index in [0.29, 0.717) is 5.41 Å².